The van der Waals surface area contributed by atoms with E-state index in [1.165, 1.54) is 5.57 Å². The topological polar surface area (TPSA) is 71.5 Å². The molecule has 1 atom stereocenters. The van der Waals surface area contributed by atoms with Crippen molar-refractivity contribution in [3.63, 3.8) is 0 Å². The Labute approximate surface area is 157 Å². The van der Waals surface area contributed by atoms with Gasteiger partial charge in [-0.2, -0.15) is 0 Å². The number of carboxylic acids is 1. The summed E-state index contributed by atoms with van der Waals surface area (Å²) in [5, 5.41) is 12.1. The maximum atomic E-state index is 10.7. The van der Waals surface area contributed by atoms with Gasteiger partial charge in [0, 0.05) is 0 Å². The maximum absolute atomic E-state index is 10.7. The van der Waals surface area contributed by atoms with E-state index in [-0.39, 0.29) is 33.5 Å². The Morgan fingerprint density at radius 2 is 2.24 bits per heavy atom. The molecule has 1 unspecified atom stereocenters. The normalized spacial score (nSPS) is 18.9. The van der Waals surface area contributed by atoms with Gasteiger partial charge >= 0.3 is 158 Å². The van der Waals surface area contributed by atoms with Crippen LogP contribution in [0.5, 0.6) is 0 Å². The predicted molar refractivity (Wildman–Crippen MR) is 92.4 cm³/mol. The van der Waals surface area contributed by atoms with Crippen LogP contribution in [0.1, 0.15) is 12.8 Å². The molecule has 0 aromatic carbocycles. The van der Waals surface area contributed by atoms with Gasteiger partial charge in [-0.05, 0) is 0 Å². The second-order valence-electron chi connectivity index (χ2n) is 5.71. The van der Waals surface area contributed by atoms with Crippen LogP contribution in [0, 0.1) is 5.92 Å². The third-order valence-corrected chi connectivity index (χ3v) is 5.80. The van der Waals surface area contributed by atoms with Gasteiger partial charge < -0.3 is 0 Å². The Morgan fingerprint density at radius 3 is 3.04 bits per heavy atom. The first-order chi connectivity index (χ1) is 12.2. The number of rotatable bonds is 9. The van der Waals surface area contributed by atoms with Crippen molar-refractivity contribution in [1.29, 1.82) is 0 Å². The van der Waals surface area contributed by atoms with Crippen LogP contribution >= 0.6 is 0 Å². The van der Waals surface area contributed by atoms with E-state index in [9.17, 15) is 4.79 Å². The molecule has 0 radical (unpaired) electrons. The number of aliphatic carboxylic acids is 1. The second-order valence-corrected chi connectivity index (χ2v) is 7.68. The minimum atomic E-state index is -0.761. The van der Waals surface area contributed by atoms with Crippen LogP contribution in [0.25, 0.3) is 0 Å². The summed E-state index contributed by atoms with van der Waals surface area (Å²) in [6, 6.07) is 5.80. The van der Waals surface area contributed by atoms with Crippen LogP contribution in [0.2, 0.25) is 0 Å². The molecule has 132 valence electrons. The number of nitrogens with zero attached hydrogens (tertiary/aromatic N) is 1. The summed E-state index contributed by atoms with van der Waals surface area (Å²) in [7, 11) is 0. The van der Waals surface area contributed by atoms with Crippen LogP contribution in [-0.4, -0.2) is 29.2 Å². The second kappa shape index (κ2) is 8.84. The van der Waals surface area contributed by atoms with Gasteiger partial charge in [0.2, 0.25) is 0 Å². The molecule has 1 aliphatic carbocycles. The molecule has 0 fully saturated rings. The van der Waals surface area contributed by atoms with Gasteiger partial charge in [0.05, 0.1) is 0 Å². The fourth-order valence-electron chi connectivity index (χ4n) is 2.43. The van der Waals surface area contributed by atoms with Gasteiger partial charge in [-0.25, -0.2) is 0 Å². The monoisotopic (exact) mass is 451 g/mol. The number of anilines is 1. The van der Waals surface area contributed by atoms with Crippen molar-refractivity contribution in [3.8, 4) is 0 Å². The van der Waals surface area contributed by atoms with E-state index in [1.54, 1.807) is 6.20 Å². The van der Waals surface area contributed by atoms with E-state index in [4.69, 9.17) is 9.84 Å². The summed E-state index contributed by atoms with van der Waals surface area (Å²) < 4.78 is 10.2. The van der Waals surface area contributed by atoms with Crippen molar-refractivity contribution in [3.05, 3.63) is 67.7 Å². The average Bonchev–Trinajstić information content (AvgIpc) is 3.38. The minimum absolute atomic E-state index is 0.147. The molecule has 3 rings (SSSR count). The fourth-order valence-corrected chi connectivity index (χ4v) is 4.37. The molecular weight excluding hydrogens is 431 g/mol. The molecule has 1 aliphatic heterocycles. The number of pyridine rings is 1. The number of carboxylic acid groups (broad SMARTS) is 1. The Balaban J connectivity index is 1.35. The van der Waals surface area contributed by atoms with Crippen molar-refractivity contribution in [2.45, 2.75) is 12.8 Å². The Morgan fingerprint density at radius 1 is 1.32 bits per heavy atom. The fraction of sp³-hybridized carbons (Fsp3) is 0.263. The van der Waals surface area contributed by atoms with Crippen LogP contribution < -0.4 is 26.5 Å². The van der Waals surface area contributed by atoms with Crippen molar-refractivity contribution < 1.29 is 35.8 Å². The number of hydrogen-bond donors (Lipinski definition) is 2. The van der Waals surface area contributed by atoms with Crippen LogP contribution in [0.15, 0.2) is 67.7 Å². The van der Waals surface area contributed by atoms with E-state index < -0.39 is 5.97 Å². The number of nitrogens with one attached hydrogen (secondary N) is 1. The summed E-state index contributed by atoms with van der Waals surface area (Å²) in [6.45, 7) is 1.47. The summed E-state index contributed by atoms with van der Waals surface area (Å²) in [6.07, 6.45) is 8.89. The molecule has 1 aromatic rings. The third kappa shape index (κ3) is 5.74. The molecule has 5 nitrogen and oxygen atoms in total. The summed E-state index contributed by atoms with van der Waals surface area (Å²) in [5.74, 6) is 1.26. The molecule has 0 amide bonds. The number of ether oxygens (including phenoxy) is 1. The average molecular weight is 451 g/mol. The Bertz CT molecular complexity index is 738. The summed E-state index contributed by atoms with van der Waals surface area (Å²) in [4.78, 5) is 15.0. The van der Waals surface area contributed by atoms with Crippen molar-refractivity contribution in [2.75, 3.05) is 18.5 Å². The summed E-state index contributed by atoms with van der Waals surface area (Å²) in [5.41, 5.74) is 2.22. The predicted octanol–water partition coefficient (Wildman–Crippen LogP) is 0.315. The Kier molecular flexibility index (Phi) is 6.27. The van der Waals surface area contributed by atoms with E-state index in [2.05, 4.69) is 24.5 Å². The van der Waals surface area contributed by atoms with E-state index in [1.807, 2.05) is 30.4 Å². The van der Waals surface area contributed by atoms with E-state index in [0.717, 1.165) is 30.1 Å². The SMILES string of the molecule is O=C(O)CC1=CC1C1=C[I-]C=C(OCCCNc2ccccn2)C=C1. The van der Waals surface area contributed by atoms with Gasteiger partial charge in [-0.1, -0.05) is 0 Å². The number of allylic oxidation sites excluding steroid dienone is 4. The van der Waals surface area contributed by atoms with Crippen LogP contribution in [0.3, 0.4) is 0 Å². The molecule has 2 aliphatic rings. The van der Waals surface area contributed by atoms with Crippen molar-refractivity contribution in [1.82, 2.24) is 4.98 Å². The first kappa shape index (κ1) is 17.7. The molecule has 1 aromatic heterocycles. The molecule has 0 saturated heterocycles. The molecule has 0 spiro atoms. The van der Waals surface area contributed by atoms with Gasteiger partial charge in [0.25, 0.3) is 0 Å². The van der Waals surface area contributed by atoms with Crippen molar-refractivity contribution >= 4 is 11.8 Å². The first-order valence-corrected chi connectivity index (χ1v) is 10.6. The standard InChI is InChI=1S/C19H20IN2O3/c23-19(24)11-15-10-17(15)14-5-6-16(13-20-12-14)25-9-3-8-22-18-4-1-2-7-21-18/h1-2,4-7,10,12-13,17H,3,8-9,11H2,(H,21,22)(H,23,24)/q-1. The van der Waals surface area contributed by atoms with Gasteiger partial charge in [-0.15, -0.1) is 0 Å². The zero-order chi connectivity index (χ0) is 17.5. The third-order valence-electron chi connectivity index (χ3n) is 3.75. The van der Waals surface area contributed by atoms with Crippen LogP contribution in [0.4, 0.5) is 5.82 Å². The molecule has 2 N–H and O–H groups in total. The van der Waals surface area contributed by atoms with Gasteiger partial charge in [0.1, 0.15) is 0 Å². The molecular formula is C19H20IN2O3-. The van der Waals surface area contributed by atoms with E-state index in [0.29, 0.717) is 6.61 Å². The van der Waals surface area contributed by atoms with E-state index >= 15 is 0 Å². The van der Waals surface area contributed by atoms with Crippen molar-refractivity contribution in [2.24, 2.45) is 5.92 Å². The zero-order valence-electron chi connectivity index (χ0n) is 13.7. The molecule has 6 heteroatoms. The van der Waals surface area contributed by atoms with Gasteiger partial charge in [0.15, 0.2) is 0 Å². The zero-order valence-corrected chi connectivity index (χ0v) is 15.8. The number of aromatic nitrogens is 1. The molecule has 2 heterocycles. The summed E-state index contributed by atoms with van der Waals surface area (Å²) >= 11 is -0.208. The van der Waals surface area contributed by atoms with Crippen LogP contribution in [-0.2, 0) is 9.53 Å². The molecule has 25 heavy (non-hydrogen) atoms. The van der Waals surface area contributed by atoms with Gasteiger partial charge in [-0.3, -0.25) is 0 Å². The number of carbonyl (C=O) groups is 1. The quantitative estimate of drug-likeness (QED) is 0.322. The molecule has 0 bridgehead atoms. The number of halogens is 1. The molecule has 0 saturated carbocycles. The number of hydrogen-bond acceptors (Lipinski definition) is 4. The first-order valence-electron chi connectivity index (χ1n) is 8.13. The Hall–Kier alpha value is -2.09.